The molecule has 0 aliphatic rings. The Hall–Kier alpha value is -2.31. The Morgan fingerprint density at radius 1 is 1.18 bits per heavy atom. The van der Waals surface area contributed by atoms with Crippen molar-refractivity contribution in [3.05, 3.63) is 59.0 Å². The number of carboxylic acid groups (broad SMARTS) is 1. The summed E-state index contributed by atoms with van der Waals surface area (Å²) < 4.78 is 1.70. The lowest BCUT2D eigenvalue weighted by Gasteiger charge is -2.04. The van der Waals surface area contributed by atoms with Gasteiger partial charge in [-0.15, -0.1) is 17.1 Å². The molecule has 0 spiro atoms. The van der Waals surface area contributed by atoms with Crippen LogP contribution < -0.4 is 5.11 Å². The molecule has 0 fully saturated rings. The van der Waals surface area contributed by atoms with Crippen LogP contribution >= 0.6 is 23.1 Å². The summed E-state index contributed by atoms with van der Waals surface area (Å²) in [5.41, 5.74) is 1.53. The molecule has 0 aliphatic carbocycles. The van der Waals surface area contributed by atoms with Gasteiger partial charge in [-0.2, -0.15) is 0 Å². The average molecular weight is 328 g/mol. The van der Waals surface area contributed by atoms with Gasteiger partial charge in [0.1, 0.15) is 4.91 Å². The summed E-state index contributed by atoms with van der Waals surface area (Å²) in [7, 11) is 0. The highest BCUT2D eigenvalue weighted by Gasteiger charge is 2.13. The molecule has 3 aromatic rings. The number of benzene rings is 2. The smallest absolute Gasteiger partial charge is 0.342 e. The number of hydrogen-bond donors (Lipinski definition) is 1. The van der Waals surface area contributed by atoms with Gasteiger partial charge in [0.2, 0.25) is 0 Å². The minimum Gasteiger partial charge on any atom is -0.872 e. The normalized spacial score (nSPS) is 11.7. The minimum atomic E-state index is -1.02. The average Bonchev–Trinajstić information content (AvgIpc) is 2.91. The third kappa shape index (κ3) is 3.29. The molecule has 3 rings (SSSR count). The highest BCUT2D eigenvalue weighted by Crippen LogP contribution is 2.34. The summed E-state index contributed by atoms with van der Waals surface area (Å²) in [6.45, 7) is 0. The van der Waals surface area contributed by atoms with Gasteiger partial charge in [0.15, 0.2) is 4.34 Å². The fourth-order valence-corrected chi connectivity index (χ4v) is 3.86. The fraction of sp³-hybridized carbons (Fsp3) is 0. The second-order valence-electron chi connectivity index (χ2n) is 4.43. The van der Waals surface area contributed by atoms with Crippen molar-refractivity contribution in [2.75, 3.05) is 0 Å². The highest BCUT2D eigenvalue weighted by molar-refractivity contribution is 8.05. The van der Waals surface area contributed by atoms with Crippen LogP contribution in [0, 0.1) is 0 Å². The molecule has 4 nitrogen and oxygen atoms in total. The van der Waals surface area contributed by atoms with Crippen molar-refractivity contribution < 1.29 is 15.0 Å². The SMILES string of the molecule is O=C(O)/C(=C\c1ccc([O-])cc1)Sc1nc2ccccc2s1. The van der Waals surface area contributed by atoms with Crippen molar-refractivity contribution in [2.45, 2.75) is 4.34 Å². The molecule has 0 aliphatic heterocycles. The zero-order chi connectivity index (χ0) is 15.5. The number of fused-ring (bicyclic) bond motifs is 1. The second-order valence-corrected chi connectivity index (χ2v) is 6.75. The summed E-state index contributed by atoms with van der Waals surface area (Å²) in [6.07, 6.45) is 1.54. The van der Waals surface area contributed by atoms with Crippen LogP contribution in [-0.2, 0) is 4.79 Å². The third-order valence-corrected chi connectivity index (χ3v) is 4.97. The summed E-state index contributed by atoms with van der Waals surface area (Å²) in [5.74, 6) is -1.12. The molecule has 1 heterocycles. The molecule has 2 aromatic carbocycles. The standard InChI is InChI=1S/C16H11NO3S2/c18-11-7-5-10(6-8-11)9-14(15(19)20)22-16-17-12-3-1-2-4-13(12)21-16/h1-9,18H,(H,19,20)/p-1/b14-9+. The maximum atomic E-state index is 11.4. The largest absolute Gasteiger partial charge is 0.872 e. The number of rotatable bonds is 4. The first kappa shape index (κ1) is 14.6. The Bertz CT molecular complexity index is 820. The van der Waals surface area contributed by atoms with E-state index >= 15 is 0 Å². The molecule has 0 radical (unpaired) electrons. The van der Waals surface area contributed by atoms with Crippen LogP contribution in [0.1, 0.15) is 5.56 Å². The lowest BCUT2D eigenvalue weighted by Crippen LogP contribution is -1.96. The van der Waals surface area contributed by atoms with Gasteiger partial charge < -0.3 is 10.2 Å². The van der Waals surface area contributed by atoms with E-state index in [2.05, 4.69) is 4.98 Å². The Balaban J connectivity index is 1.91. The Kier molecular flexibility index (Phi) is 4.13. The fourth-order valence-electron chi connectivity index (χ4n) is 1.84. The predicted molar refractivity (Wildman–Crippen MR) is 87.0 cm³/mol. The van der Waals surface area contributed by atoms with E-state index in [-0.39, 0.29) is 10.7 Å². The van der Waals surface area contributed by atoms with E-state index in [1.165, 1.54) is 23.5 Å². The van der Waals surface area contributed by atoms with Crippen molar-refractivity contribution in [1.82, 2.24) is 4.98 Å². The van der Waals surface area contributed by atoms with Crippen molar-refractivity contribution in [1.29, 1.82) is 0 Å². The summed E-state index contributed by atoms with van der Waals surface area (Å²) >= 11 is 2.57. The van der Waals surface area contributed by atoms with Crippen molar-refractivity contribution in [3.63, 3.8) is 0 Å². The van der Waals surface area contributed by atoms with Crippen molar-refractivity contribution >= 4 is 45.4 Å². The molecule has 6 heteroatoms. The molecule has 0 bridgehead atoms. The number of aromatic nitrogens is 1. The summed E-state index contributed by atoms with van der Waals surface area (Å²) in [4.78, 5) is 16.0. The molecule has 0 saturated carbocycles. The van der Waals surface area contributed by atoms with Gasteiger partial charge in [0.25, 0.3) is 0 Å². The van der Waals surface area contributed by atoms with Gasteiger partial charge in [-0.3, -0.25) is 0 Å². The number of aliphatic carboxylic acids is 1. The number of para-hydroxylation sites is 1. The van der Waals surface area contributed by atoms with Gasteiger partial charge in [-0.05, 0) is 23.8 Å². The predicted octanol–water partition coefficient (Wildman–Crippen LogP) is 3.59. The van der Waals surface area contributed by atoms with Crippen LogP contribution in [0.4, 0.5) is 0 Å². The van der Waals surface area contributed by atoms with E-state index in [1.54, 1.807) is 18.2 Å². The lowest BCUT2D eigenvalue weighted by molar-refractivity contribution is -0.268. The van der Waals surface area contributed by atoms with E-state index in [9.17, 15) is 15.0 Å². The summed E-state index contributed by atoms with van der Waals surface area (Å²) in [5, 5.41) is 20.4. The van der Waals surface area contributed by atoms with Crippen LogP contribution in [0.25, 0.3) is 16.3 Å². The molecule has 0 amide bonds. The van der Waals surface area contributed by atoms with Crippen LogP contribution in [0.15, 0.2) is 57.8 Å². The number of hydrogen-bond acceptors (Lipinski definition) is 5. The number of thioether (sulfide) groups is 1. The van der Waals surface area contributed by atoms with Gasteiger partial charge in [0.05, 0.1) is 10.2 Å². The van der Waals surface area contributed by atoms with Crippen LogP contribution in [0.3, 0.4) is 0 Å². The first-order valence-corrected chi connectivity index (χ1v) is 8.00. The molecule has 1 aromatic heterocycles. The maximum absolute atomic E-state index is 11.4. The molecule has 0 unspecified atom stereocenters. The zero-order valence-electron chi connectivity index (χ0n) is 11.2. The van der Waals surface area contributed by atoms with Gasteiger partial charge in [-0.1, -0.05) is 48.2 Å². The van der Waals surface area contributed by atoms with E-state index in [4.69, 9.17) is 0 Å². The van der Waals surface area contributed by atoms with E-state index < -0.39 is 5.97 Å². The molecule has 0 saturated heterocycles. The van der Waals surface area contributed by atoms with Crippen LogP contribution in [0.5, 0.6) is 5.75 Å². The lowest BCUT2D eigenvalue weighted by atomic mass is 10.2. The van der Waals surface area contributed by atoms with E-state index in [0.29, 0.717) is 9.90 Å². The first-order valence-electron chi connectivity index (χ1n) is 6.37. The maximum Gasteiger partial charge on any atom is 0.342 e. The topological polar surface area (TPSA) is 73.2 Å². The molecule has 0 atom stereocenters. The minimum absolute atomic E-state index is 0.104. The number of nitrogens with zero attached hydrogens (tertiary/aromatic N) is 1. The second kappa shape index (κ2) is 6.21. The number of carbonyl (C=O) groups is 1. The van der Waals surface area contributed by atoms with Gasteiger partial charge in [0, 0.05) is 0 Å². The molecular weight excluding hydrogens is 318 g/mol. The van der Waals surface area contributed by atoms with E-state index in [1.807, 2.05) is 24.3 Å². The summed E-state index contributed by atoms with van der Waals surface area (Å²) in [6, 6.07) is 13.7. The Morgan fingerprint density at radius 3 is 2.59 bits per heavy atom. The quantitative estimate of drug-likeness (QED) is 0.585. The van der Waals surface area contributed by atoms with Crippen molar-refractivity contribution in [2.24, 2.45) is 0 Å². The van der Waals surface area contributed by atoms with Crippen LogP contribution in [0.2, 0.25) is 0 Å². The highest BCUT2D eigenvalue weighted by atomic mass is 32.2. The van der Waals surface area contributed by atoms with E-state index in [0.717, 1.165) is 22.0 Å². The first-order chi connectivity index (χ1) is 10.6. The molecule has 110 valence electrons. The van der Waals surface area contributed by atoms with Crippen LogP contribution in [-0.4, -0.2) is 16.1 Å². The number of thiazole rings is 1. The Morgan fingerprint density at radius 2 is 1.91 bits per heavy atom. The molecule has 1 N–H and O–H groups in total. The third-order valence-electron chi connectivity index (χ3n) is 2.86. The van der Waals surface area contributed by atoms with Gasteiger partial charge in [-0.25, -0.2) is 9.78 Å². The monoisotopic (exact) mass is 328 g/mol. The molecular formula is C16H10NO3S2-. The zero-order valence-corrected chi connectivity index (χ0v) is 12.9. The van der Waals surface area contributed by atoms with Crippen molar-refractivity contribution in [3.8, 4) is 5.75 Å². The van der Waals surface area contributed by atoms with Gasteiger partial charge >= 0.3 is 5.97 Å². The Labute approximate surface area is 134 Å². The molecule has 22 heavy (non-hydrogen) atoms. The number of carboxylic acids is 1.